The molecule has 38 heavy (non-hydrogen) atoms. The minimum atomic E-state index is -4.49. The highest BCUT2D eigenvalue weighted by atomic mass is 35.5. The van der Waals surface area contributed by atoms with Gasteiger partial charge in [-0.2, -0.15) is 18.3 Å². The third kappa shape index (κ3) is 3.50. The van der Waals surface area contributed by atoms with Crippen molar-refractivity contribution < 1.29 is 13.2 Å². The van der Waals surface area contributed by atoms with Crippen molar-refractivity contribution in [2.75, 3.05) is 11.4 Å². The van der Waals surface area contributed by atoms with Crippen molar-refractivity contribution in [2.24, 2.45) is 0 Å². The first kappa shape index (κ1) is 23.2. The normalized spacial score (nSPS) is 14.6. The Hall–Kier alpha value is -3.92. The largest absolute Gasteiger partial charge is 0.419 e. The molecule has 0 amide bonds. The van der Waals surface area contributed by atoms with Gasteiger partial charge in [-0.15, -0.1) is 0 Å². The fourth-order valence-electron chi connectivity index (χ4n) is 5.51. The van der Waals surface area contributed by atoms with E-state index in [0.29, 0.717) is 31.1 Å². The van der Waals surface area contributed by atoms with Gasteiger partial charge < -0.3 is 9.47 Å². The van der Waals surface area contributed by atoms with Crippen LogP contribution in [0, 0.1) is 0 Å². The highest BCUT2D eigenvalue weighted by Gasteiger charge is 2.33. The molecule has 192 valence electrons. The number of halogens is 4. The first-order valence-corrected chi connectivity index (χ1v) is 12.7. The van der Waals surface area contributed by atoms with Crippen LogP contribution in [0.4, 0.5) is 19.1 Å². The second-order valence-electron chi connectivity index (χ2n) is 9.60. The molecular formula is C27H21ClF3N7. The summed E-state index contributed by atoms with van der Waals surface area (Å²) in [5, 5.41) is 5.67. The molecule has 5 aromatic rings. The lowest BCUT2D eigenvalue weighted by Crippen LogP contribution is -2.31. The summed E-state index contributed by atoms with van der Waals surface area (Å²) >= 11 is 6.87. The van der Waals surface area contributed by atoms with Crippen molar-refractivity contribution >= 4 is 28.6 Å². The van der Waals surface area contributed by atoms with Crippen LogP contribution in [0.3, 0.4) is 0 Å². The second-order valence-corrected chi connectivity index (χ2v) is 10.0. The van der Waals surface area contributed by atoms with Crippen molar-refractivity contribution in [1.82, 2.24) is 29.3 Å². The molecule has 0 saturated carbocycles. The summed E-state index contributed by atoms with van der Waals surface area (Å²) in [5.41, 5.74) is 7.83. The van der Waals surface area contributed by atoms with E-state index in [4.69, 9.17) is 16.7 Å². The molecular weight excluding hydrogens is 515 g/mol. The summed E-state index contributed by atoms with van der Waals surface area (Å²) < 4.78 is 43.3. The van der Waals surface area contributed by atoms with Gasteiger partial charge in [-0.1, -0.05) is 36.7 Å². The number of alkyl halides is 3. The van der Waals surface area contributed by atoms with E-state index >= 15 is 0 Å². The van der Waals surface area contributed by atoms with Crippen LogP contribution in [0.15, 0.2) is 49.1 Å². The molecule has 3 aromatic heterocycles. The Kier molecular flexibility index (Phi) is 5.07. The fraction of sp³-hybridized carbons (Fsp3) is 0.259. The molecule has 2 bridgehead atoms. The molecule has 0 unspecified atom stereocenters. The van der Waals surface area contributed by atoms with E-state index in [2.05, 4.69) is 50.7 Å². The van der Waals surface area contributed by atoms with Gasteiger partial charge in [0, 0.05) is 43.0 Å². The number of aryl methyl sites for hydroxylation is 1. The van der Waals surface area contributed by atoms with E-state index < -0.39 is 11.7 Å². The van der Waals surface area contributed by atoms with Crippen LogP contribution in [0.25, 0.3) is 28.0 Å². The maximum atomic E-state index is 13.1. The summed E-state index contributed by atoms with van der Waals surface area (Å²) in [6.45, 7) is 3.69. The predicted molar refractivity (Wildman–Crippen MR) is 138 cm³/mol. The van der Waals surface area contributed by atoms with Crippen LogP contribution in [0.5, 0.6) is 0 Å². The molecule has 2 aromatic carbocycles. The van der Waals surface area contributed by atoms with E-state index in [1.54, 1.807) is 0 Å². The average Bonchev–Trinajstić information content (AvgIpc) is 3.47. The van der Waals surface area contributed by atoms with Crippen LogP contribution in [0.2, 0.25) is 5.02 Å². The summed E-state index contributed by atoms with van der Waals surface area (Å²) in [6.07, 6.45) is 0.437. The minimum Gasteiger partial charge on any atom is -0.336 e. The van der Waals surface area contributed by atoms with Crippen LogP contribution in [-0.2, 0) is 32.1 Å². The summed E-state index contributed by atoms with van der Waals surface area (Å²) in [6, 6.07) is 10.2. The molecule has 5 heterocycles. The molecule has 2 aliphatic heterocycles. The van der Waals surface area contributed by atoms with Gasteiger partial charge >= 0.3 is 6.18 Å². The van der Waals surface area contributed by atoms with E-state index in [-0.39, 0.29) is 5.95 Å². The smallest absolute Gasteiger partial charge is 0.336 e. The maximum absolute atomic E-state index is 13.1. The SMILES string of the molecule is CCc1cccc2c1-n1nc3c(c1-c1cc4c(cc1Cl)ncn4C2)CN(c1ncc(C(F)(F)F)cn1)CC3. The molecule has 0 spiro atoms. The molecule has 0 radical (unpaired) electrons. The van der Waals surface area contributed by atoms with Crippen LogP contribution in [-0.4, -0.2) is 35.8 Å². The number of nitrogens with zero attached hydrogens (tertiary/aromatic N) is 7. The highest BCUT2D eigenvalue weighted by Crippen LogP contribution is 2.41. The van der Waals surface area contributed by atoms with E-state index in [1.807, 2.05) is 22.0 Å². The molecule has 0 N–H and O–H groups in total. The second kappa shape index (κ2) is 8.29. The number of aromatic nitrogens is 6. The lowest BCUT2D eigenvalue weighted by Gasteiger charge is -2.27. The van der Waals surface area contributed by atoms with Gasteiger partial charge in [0.2, 0.25) is 5.95 Å². The third-order valence-electron chi connectivity index (χ3n) is 7.38. The number of hydrogen-bond donors (Lipinski definition) is 0. The number of para-hydroxylation sites is 1. The Bertz CT molecular complexity index is 1720. The van der Waals surface area contributed by atoms with E-state index in [1.165, 1.54) is 0 Å². The van der Waals surface area contributed by atoms with Crippen molar-refractivity contribution in [3.8, 4) is 16.9 Å². The zero-order chi connectivity index (χ0) is 26.2. The zero-order valence-electron chi connectivity index (χ0n) is 20.3. The van der Waals surface area contributed by atoms with Gasteiger partial charge in [-0.3, -0.25) is 0 Å². The Morgan fingerprint density at radius 2 is 1.87 bits per heavy atom. The molecule has 0 aliphatic carbocycles. The summed E-state index contributed by atoms with van der Waals surface area (Å²) in [4.78, 5) is 14.5. The van der Waals surface area contributed by atoms with Crippen molar-refractivity contribution in [1.29, 1.82) is 0 Å². The standard InChI is InChI=1S/C27H21ClF3N7/c1-2-15-4-3-5-16-12-37-14-34-22-9-20(28)18(8-23(22)37)25-19-13-36(7-6-21(19)35-38(25)24(15)16)26-32-10-17(11-33-26)27(29,30)31/h3-5,8-11,14H,2,6-7,12-13H2,1H3. The first-order valence-electron chi connectivity index (χ1n) is 12.3. The highest BCUT2D eigenvalue weighted by molar-refractivity contribution is 6.34. The average molecular weight is 536 g/mol. The Balaban J connectivity index is 1.44. The fourth-order valence-corrected chi connectivity index (χ4v) is 5.76. The van der Waals surface area contributed by atoms with Crippen molar-refractivity contribution in [3.05, 3.63) is 82.0 Å². The molecule has 11 heteroatoms. The van der Waals surface area contributed by atoms with Gasteiger partial charge in [-0.25, -0.2) is 19.6 Å². The Morgan fingerprint density at radius 1 is 1.05 bits per heavy atom. The zero-order valence-corrected chi connectivity index (χ0v) is 21.1. The van der Waals surface area contributed by atoms with Gasteiger partial charge in [0.15, 0.2) is 0 Å². The number of imidazole rings is 1. The van der Waals surface area contributed by atoms with Crippen LogP contribution < -0.4 is 4.90 Å². The van der Waals surface area contributed by atoms with Gasteiger partial charge in [-0.05, 0) is 29.7 Å². The lowest BCUT2D eigenvalue weighted by molar-refractivity contribution is -0.138. The molecule has 2 aliphatic rings. The number of anilines is 1. The third-order valence-corrected chi connectivity index (χ3v) is 7.70. The van der Waals surface area contributed by atoms with Gasteiger partial charge in [0.1, 0.15) is 0 Å². The van der Waals surface area contributed by atoms with Crippen LogP contribution in [0.1, 0.15) is 34.9 Å². The number of fused-ring (bicyclic) bond motifs is 7. The maximum Gasteiger partial charge on any atom is 0.419 e. The number of benzene rings is 2. The molecule has 7 rings (SSSR count). The minimum absolute atomic E-state index is 0.251. The summed E-state index contributed by atoms with van der Waals surface area (Å²) in [7, 11) is 0. The van der Waals surface area contributed by atoms with Crippen molar-refractivity contribution in [2.45, 2.75) is 39.0 Å². The quantitative estimate of drug-likeness (QED) is 0.279. The van der Waals surface area contributed by atoms with Crippen LogP contribution >= 0.6 is 11.6 Å². The first-order chi connectivity index (χ1) is 18.3. The van der Waals surface area contributed by atoms with Gasteiger partial charge in [0.25, 0.3) is 0 Å². The number of hydrogen-bond acceptors (Lipinski definition) is 5. The summed E-state index contributed by atoms with van der Waals surface area (Å²) in [5.74, 6) is 0.251. The van der Waals surface area contributed by atoms with E-state index in [9.17, 15) is 13.2 Å². The topological polar surface area (TPSA) is 64.7 Å². The Labute approximate surface area is 220 Å². The lowest BCUT2D eigenvalue weighted by atomic mass is 9.99. The molecule has 0 saturated heterocycles. The van der Waals surface area contributed by atoms with Gasteiger partial charge in [0.05, 0.1) is 51.6 Å². The predicted octanol–water partition coefficient (Wildman–Crippen LogP) is 5.84. The Morgan fingerprint density at radius 3 is 2.63 bits per heavy atom. The monoisotopic (exact) mass is 535 g/mol. The number of rotatable bonds is 2. The van der Waals surface area contributed by atoms with Crippen molar-refractivity contribution in [3.63, 3.8) is 0 Å². The molecule has 0 atom stereocenters. The molecule has 7 nitrogen and oxygen atoms in total. The molecule has 0 fully saturated rings. The van der Waals surface area contributed by atoms with E-state index in [0.717, 1.165) is 69.2 Å².